The van der Waals surface area contributed by atoms with Crippen LogP contribution in [0.4, 0.5) is 10.2 Å². The van der Waals surface area contributed by atoms with Crippen LogP contribution in [0.3, 0.4) is 0 Å². The normalized spacial score (nSPS) is 21.9. The molecule has 1 aromatic rings. The van der Waals surface area contributed by atoms with Gasteiger partial charge in [0.2, 0.25) is 0 Å². The number of aliphatic imine (C=N–C) groups is 1. The third-order valence-corrected chi connectivity index (χ3v) is 5.08. The lowest BCUT2D eigenvalue weighted by molar-refractivity contribution is 0.0320. The summed E-state index contributed by atoms with van der Waals surface area (Å²) in [6, 6.07) is 3.31. The number of guanidine groups is 1. The number of pyridine rings is 1. The molecule has 0 radical (unpaired) electrons. The lowest BCUT2D eigenvalue weighted by Crippen LogP contribution is -2.47. The smallest absolute Gasteiger partial charge is 0.191 e. The molecule has 0 bridgehead atoms. The average Bonchev–Trinajstić information content (AvgIpc) is 3.14. The van der Waals surface area contributed by atoms with Gasteiger partial charge in [0.25, 0.3) is 0 Å². The quantitative estimate of drug-likeness (QED) is 0.347. The van der Waals surface area contributed by atoms with Gasteiger partial charge in [-0.3, -0.25) is 9.89 Å². The second-order valence-corrected chi connectivity index (χ2v) is 7.36. The SMILES string of the molecule is CN=C(NCC(C)CN1CCOCC1)NC1CCN(c2ncccc2F)C1.I. The Labute approximate surface area is 184 Å². The Hall–Kier alpha value is -1.20. The third-order valence-electron chi connectivity index (χ3n) is 5.08. The average molecular weight is 506 g/mol. The van der Waals surface area contributed by atoms with Gasteiger partial charge in [-0.15, -0.1) is 24.0 Å². The number of nitrogens with zero attached hydrogens (tertiary/aromatic N) is 4. The van der Waals surface area contributed by atoms with Gasteiger partial charge >= 0.3 is 0 Å². The minimum atomic E-state index is -0.266. The zero-order chi connectivity index (χ0) is 19.1. The van der Waals surface area contributed by atoms with E-state index >= 15 is 0 Å². The highest BCUT2D eigenvalue weighted by Crippen LogP contribution is 2.20. The fourth-order valence-corrected chi connectivity index (χ4v) is 3.63. The summed E-state index contributed by atoms with van der Waals surface area (Å²) in [5, 5.41) is 6.88. The molecular formula is C19H32FIN6O. The molecule has 1 aromatic heterocycles. The van der Waals surface area contributed by atoms with E-state index in [0.29, 0.717) is 11.7 Å². The first-order valence-electron chi connectivity index (χ1n) is 9.78. The summed E-state index contributed by atoms with van der Waals surface area (Å²) >= 11 is 0. The number of hydrogen-bond acceptors (Lipinski definition) is 5. The number of nitrogens with one attached hydrogen (secondary N) is 2. The largest absolute Gasteiger partial charge is 0.379 e. The van der Waals surface area contributed by atoms with Gasteiger partial charge in [0, 0.05) is 58.6 Å². The van der Waals surface area contributed by atoms with Crippen LogP contribution in [-0.2, 0) is 4.74 Å². The zero-order valence-corrected chi connectivity index (χ0v) is 19.1. The number of aromatic nitrogens is 1. The number of ether oxygens (including phenoxy) is 1. The van der Waals surface area contributed by atoms with Crippen molar-refractivity contribution in [2.24, 2.45) is 10.9 Å². The Morgan fingerprint density at radius 2 is 2.18 bits per heavy atom. The number of anilines is 1. The van der Waals surface area contributed by atoms with Crippen molar-refractivity contribution in [1.82, 2.24) is 20.5 Å². The Morgan fingerprint density at radius 1 is 1.39 bits per heavy atom. The van der Waals surface area contributed by atoms with E-state index in [4.69, 9.17) is 4.74 Å². The maximum absolute atomic E-state index is 13.9. The minimum Gasteiger partial charge on any atom is -0.379 e. The van der Waals surface area contributed by atoms with E-state index in [1.165, 1.54) is 6.07 Å². The number of morpholine rings is 1. The van der Waals surface area contributed by atoms with Crippen LogP contribution in [0.2, 0.25) is 0 Å². The first-order chi connectivity index (χ1) is 13.2. The molecule has 2 aliphatic rings. The number of halogens is 2. The molecule has 28 heavy (non-hydrogen) atoms. The molecule has 7 nitrogen and oxygen atoms in total. The first-order valence-corrected chi connectivity index (χ1v) is 9.78. The topological polar surface area (TPSA) is 65.0 Å². The van der Waals surface area contributed by atoms with E-state index in [2.05, 4.69) is 32.4 Å². The summed E-state index contributed by atoms with van der Waals surface area (Å²) < 4.78 is 19.3. The first kappa shape index (κ1) is 23.1. The fraction of sp³-hybridized carbons (Fsp3) is 0.684. The molecule has 158 valence electrons. The molecule has 3 rings (SSSR count). The van der Waals surface area contributed by atoms with Gasteiger partial charge in [-0.1, -0.05) is 6.92 Å². The van der Waals surface area contributed by atoms with Crippen molar-refractivity contribution in [3.05, 3.63) is 24.1 Å². The molecule has 2 N–H and O–H groups in total. The van der Waals surface area contributed by atoms with Crippen molar-refractivity contribution < 1.29 is 9.13 Å². The van der Waals surface area contributed by atoms with E-state index in [1.54, 1.807) is 19.3 Å². The summed E-state index contributed by atoms with van der Waals surface area (Å²) in [6.07, 6.45) is 2.57. The maximum atomic E-state index is 13.9. The van der Waals surface area contributed by atoms with E-state index in [0.717, 1.165) is 64.9 Å². The molecule has 0 saturated carbocycles. The van der Waals surface area contributed by atoms with Crippen molar-refractivity contribution >= 4 is 35.8 Å². The molecule has 2 unspecified atom stereocenters. The van der Waals surface area contributed by atoms with Gasteiger partial charge in [-0.2, -0.15) is 0 Å². The molecule has 3 heterocycles. The highest BCUT2D eigenvalue weighted by Gasteiger charge is 2.26. The van der Waals surface area contributed by atoms with Crippen LogP contribution in [0.15, 0.2) is 23.3 Å². The molecule has 9 heteroatoms. The van der Waals surface area contributed by atoms with E-state index in [9.17, 15) is 4.39 Å². The van der Waals surface area contributed by atoms with Crippen LogP contribution in [0.5, 0.6) is 0 Å². The lowest BCUT2D eigenvalue weighted by atomic mass is 10.1. The van der Waals surface area contributed by atoms with Crippen molar-refractivity contribution in [2.45, 2.75) is 19.4 Å². The van der Waals surface area contributed by atoms with Gasteiger partial charge in [0.1, 0.15) is 0 Å². The lowest BCUT2D eigenvalue weighted by Gasteiger charge is -2.29. The highest BCUT2D eigenvalue weighted by atomic mass is 127. The second-order valence-electron chi connectivity index (χ2n) is 7.36. The van der Waals surface area contributed by atoms with Gasteiger partial charge in [-0.25, -0.2) is 9.37 Å². The summed E-state index contributed by atoms with van der Waals surface area (Å²) in [6.45, 7) is 9.37. The fourth-order valence-electron chi connectivity index (χ4n) is 3.63. The number of rotatable bonds is 6. The summed E-state index contributed by atoms with van der Waals surface area (Å²) in [7, 11) is 1.78. The van der Waals surface area contributed by atoms with Crippen LogP contribution >= 0.6 is 24.0 Å². The molecule has 0 amide bonds. The van der Waals surface area contributed by atoms with Crippen LogP contribution < -0.4 is 15.5 Å². The highest BCUT2D eigenvalue weighted by molar-refractivity contribution is 14.0. The Balaban J connectivity index is 0.00000280. The van der Waals surface area contributed by atoms with Gasteiger partial charge in [0.15, 0.2) is 17.6 Å². The maximum Gasteiger partial charge on any atom is 0.191 e. The van der Waals surface area contributed by atoms with Crippen molar-refractivity contribution in [2.75, 3.05) is 64.4 Å². The third kappa shape index (κ3) is 6.70. The molecular weight excluding hydrogens is 474 g/mol. The summed E-state index contributed by atoms with van der Waals surface area (Å²) in [5.41, 5.74) is 0. The molecule has 0 aromatic carbocycles. The Bertz CT molecular complexity index is 628. The molecule has 2 atom stereocenters. The second kappa shape index (κ2) is 11.7. The monoisotopic (exact) mass is 506 g/mol. The van der Waals surface area contributed by atoms with E-state index < -0.39 is 0 Å². The van der Waals surface area contributed by atoms with E-state index in [-0.39, 0.29) is 35.8 Å². The van der Waals surface area contributed by atoms with Crippen molar-refractivity contribution in [1.29, 1.82) is 0 Å². The predicted octanol–water partition coefficient (Wildman–Crippen LogP) is 1.55. The predicted molar refractivity (Wildman–Crippen MR) is 121 cm³/mol. The Kier molecular flexibility index (Phi) is 9.66. The van der Waals surface area contributed by atoms with Gasteiger partial charge in [-0.05, 0) is 24.5 Å². The minimum absolute atomic E-state index is 0. The van der Waals surface area contributed by atoms with Crippen LogP contribution in [-0.4, -0.2) is 81.4 Å². The standard InChI is InChI=1S/C19H31FN6O.HI/c1-15(13-25-8-10-27-11-9-25)12-23-19(21-2)24-16-5-7-26(14-16)18-17(20)4-3-6-22-18;/h3-4,6,15-16H,5,7-14H2,1-2H3,(H2,21,23,24);1H. The molecule has 0 spiro atoms. The number of hydrogen-bond donors (Lipinski definition) is 2. The van der Waals surface area contributed by atoms with E-state index in [1.807, 2.05) is 4.90 Å². The molecule has 0 aliphatic carbocycles. The van der Waals surface area contributed by atoms with Crippen molar-refractivity contribution in [3.8, 4) is 0 Å². The van der Waals surface area contributed by atoms with Gasteiger partial charge in [0.05, 0.1) is 13.2 Å². The Morgan fingerprint density at radius 3 is 2.89 bits per heavy atom. The summed E-state index contributed by atoms with van der Waals surface area (Å²) in [4.78, 5) is 12.9. The molecule has 2 fully saturated rings. The summed E-state index contributed by atoms with van der Waals surface area (Å²) in [5.74, 6) is 1.49. The van der Waals surface area contributed by atoms with Crippen LogP contribution in [0.25, 0.3) is 0 Å². The zero-order valence-electron chi connectivity index (χ0n) is 16.7. The molecule has 2 saturated heterocycles. The molecule has 2 aliphatic heterocycles. The van der Waals surface area contributed by atoms with Crippen molar-refractivity contribution in [3.63, 3.8) is 0 Å². The van der Waals surface area contributed by atoms with Crippen LogP contribution in [0.1, 0.15) is 13.3 Å². The van der Waals surface area contributed by atoms with Gasteiger partial charge < -0.3 is 20.3 Å². The van der Waals surface area contributed by atoms with Crippen LogP contribution in [0, 0.1) is 11.7 Å².